The number of aliphatic hydroxyl groups is 1. The monoisotopic (exact) mass is 201 g/mol. The molecule has 1 atom stereocenters. The lowest BCUT2D eigenvalue weighted by Crippen LogP contribution is -2.16. The van der Waals surface area contributed by atoms with Crippen molar-refractivity contribution in [1.29, 1.82) is 0 Å². The van der Waals surface area contributed by atoms with Gasteiger partial charge in [-0.1, -0.05) is 11.6 Å². The third-order valence-electron chi connectivity index (χ3n) is 1.40. The van der Waals surface area contributed by atoms with E-state index in [1.54, 1.807) is 19.1 Å². The summed E-state index contributed by atoms with van der Waals surface area (Å²) in [7, 11) is 0. The summed E-state index contributed by atoms with van der Waals surface area (Å²) < 4.78 is 0. The molecular weight excluding hydrogens is 190 g/mol. The van der Waals surface area contributed by atoms with Crippen molar-refractivity contribution in [2.75, 3.05) is 17.6 Å². The molecule has 4 N–H and O–H groups in total. The Balaban J connectivity index is 2.66. The Hall–Kier alpha value is -1.00. The number of rotatable bonds is 3. The predicted octanol–water partition coefficient (Wildman–Crippen LogP) is 1.11. The van der Waals surface area contributed by atoms with Crippen molar-refractivity contribution in [2.45, 2.75) is 13.0 Å². The van der Waals surface area contributed by atoms with E-state index >= 15 is 0 Å². The van der Waals surface area contributed by atoms with E-state index in [9.17, 15) is 0 Å². The fraction of sp³-hybridized carbons (Fsp3) is 0.375. The maximum Gasteiger partial charge on any atom is 0.133 e. The first kappa shape index (κ1) is 10.1. The molecule has 1 aromatic rings. The van der Waals surface area contributed by atoms with Crippen LogP contribution in [0.2, 0.25) is 5.15 Å². The molecule has 13 heavy (non-hydrogen) atoms. The van der Waals surface area contributed by atoms with Crippen molar-refractivity contribution in [3.63, 3.8) is 0 Å². The van der Waals surface area contributed by atoms with Gasteiger partial charge in [0, 0.05) is 18.3 Å². The Morgan fingerprint density at radius 3 is 2.92 bits per heavy atom. The zero-order valence-corrected chi connectivity index (χ0v) is 8.04. The minimum Gasteiger partial charge on any atom is -0.399 e. The molecule has 0 unspecified atom stereocenters. The first-order valence-electron chi connectivity index (χ1n) is 3.93. The van der Waals surface area contributed by atoms with Crippen LogP contribution in [0, 0.1) is 0 Å². The van der Waals surface area contributed by atoms with E-state index in [-0.39, 0.29) is 0 Å². The Morgan fingerprint density at radius 1 is 1.69 bits per heavy atom. The van der Waals surface area contributed by atoms with E-state index in [1.165, 1.54) is 0 Å². The van der Waals surface area contributed by atoms with Gasteiger partial charge in [0.15, 0.2) is 0 Å². The van der Waals surface area contributed by atoms with Gasteiger partial charge in [0.2, 0.25) is 0 Å². The highest BCUT2D eigenvalue weighted by Gasteiger charge is 1.99. The van der Waals surface area contributed by atoms with Gasteiger partial charge in [0.25, 0.3) is 0 Å². The Bertz CT molecular complexity index is 270. The smallest absolute Gasteiger partial charge is 0.133 e. The number of nitrogens with two attached hydrogens (primary N) is 1. The summed E-state index contributed by atoms with van der Waals surface area (Å²) in [6.07, 6.45) is -0.429. The number of anilines is 2. The van der Waals surface area contributed by atoms with E-state index in [1.807, 2.05) is 0 Å². The molecule has 5 heteroatoms. The van der Waals surface area contributed by atoms with Crippen LogP contribution in [0.15, 0.2) is 12.1 Å². The number of halogens is 1. The van der Waals surface area contributed by atoms with E-state index in [2.05, 4.69) is 10.3 Å². The van der Waals surface area contributed by atoms with E-state index in [0.717, 1.165) is 0 Å². The molecular formula is C8H12ClN3O. The number of pyridine rings is 1. The van der Waals surface area contributed by atoms with Crippen LogP contribution < -0.4 is 11.1 Å². The van der Waals surface area contributed by atoms with Gasteiger partial charge >= 0.3 is 0 Å². The lowest BCUT2D eigenvalue weighted by atomic mass is 10.3. The van der Waals surface area contributed by atoms with Gasteiger partial charge in [0.1, 0.15) is 11.0 Å². The molecule has 0 aromatic carbocycles. The lowest BCUT2D eigenvalue weighted by Gasteiger charge is -2.08. The Kier molecular flexibility index (Phi) is 3.33. The minimum atomic E-state index is -0.429. The molecule has 0 bridgehead atoms. The zero-order chi connectivity index (χ0) is 9.84. The third-order valence-corrected chi connectivity index (χ3v) is 1.59. The Labute approximate surface area is 81.7 Å². The SMILES string of the molecule is C[C@H](O)CNc1cc(N)cc(Cl)n1. The summed E-state index contributed by atoms with van der Waals surface area (Å²) in [6.45, 7) is 2.10. The maximum absolute atomic E-state index is 9.00. The molecule has 0 amide bonds. The molecule has 0 aliphatic rings. The second kappa shape index (κ2) is 4.30. The quantitative estimate of drug-likeness (QED) is 0.641. The van der Waals surface area contributed by atoms with Crippen LogP contribution in [0.4, 0.5) is 11.5 Å². The first-order valence-corrected chi connectivity index (χ1v) is 4.30. The van der Waals surface area contributed by atoms with Crippen molar-refractivity contribution >= 4 is 23.1 Å². The average molecular weight is 202 g/mol. The third kappa shape index (κ3) is 3.48. The van der Waals surface area contributed by atoms with Crippen LogP contribution in [0.25, 0.3) is 0 Å². The topological polar surface area (TPSA) is 71.2 Å². The van der Waals surface area contributed by atoms with Crippen molar-refractivity contribution in [1.82, 2.24) is 4.98 Å². The molecule has 1 rings (SSSR count). The number of hydrogen-bond donors (Lipinski definition) is 3. The summed E-state index contributed by atoms with van der Waals surface area (Å²) in [5.74, 6) is 0.575. The van der Waals surface area contributed by atoms with E-state index in [0.29, 0.717) is 23.2 Å². The summed E-state index contributed by atoms with van der Waals surface area (Å²) >= 11 is 5.67. The van der Waals surface area contributed by atoms with Gasteiger partial charge in [-0.2, -0.15) is 0 Å². The maximum atomic E-state index is 9.00. The highest BCUT2D eigenvalue weighted by molar-refractivity contribution is 6.29. The fourth-order valence-electron chi connectivity index (χ4n) is 0.860. The standard InChI is InChI=1S/C8H12ClN3O/c1-5(13)4-11-8-3-6(10)2-7(9)12-8/h2-3,5,13H,4H2,1H3,(H3,10,11,12)/t5-/m0/s1. The van der Waals surface area contributed by atoms with Crippen LogP contribution in [0.3, 0.4) is 0 Å². The summed E-state index contributed by atoms with van der Waals surface area (Å²) in [4.78, 5) is 3.97. The van der Waals surface area contributed by atoms with Crippen molar-refractivity contribution in [2.24, 2.45) is 0 Å². The van der Waals surface area contributed by atoms with Gasteiger partial charge in [-0.15, -0.1) is 0 Å². The Morgan fingerprint density at radius 2 is 2.38 bits per heavy atom. The summed E-state index contributed by atoms with van der Waals surface area (Å²) in [5, 5.41) is 12.2. The van der Waals surface area contributed by atoms with Gasteiger partial charge in [-0.3, -0.25) is 0 Å². The highest BCUT2D eigenvalue weighted by atomic mass is 35.5. The summed E-state index contributed by atoms with van der Waals surface area (Å²) in [5.41, 5.74) is 6.09. The summed E-state index contributed by atoms with van der Waals surface area (Å²) in [6, 6.07) is 3.23. The first-order chi connectivity index (χ1) is 6.08. The zero-order valence-electron chi connectivity index (χ0n) is 7.29. The van der Waals surface area contributed by atoms with Gasteiger partial charge in [0.05, 0.1) is 6.10 Å². The molecule has 0 saturated heterocycles. The fourth-order valence-corrected chi connectivity index (χ4v) is 1.08. The average Bonchev–Trinajstić information content (AvgIpc) is 1.99. The van der Waals surface area contributed by atoms with Crippen molar-refractivity contribution in [3.05, 3.63) is 17.3 Å². The van der Waals surface area contributed by atoms with Crippen LogP contribution in [0.5, 0.6) is 0 Å². The predicted molar refractivity (Wildman–Crippen MR) is 53.8 cm³/mol. The largest absolute Gasteiger partial charge is 0.399 e. The molecule has 0 saturated carbocycles. The molecule has 0 fully saturated rings. The number of nitrogens with one attached hydrogen (secondary N) is 1. The number of nitrogen functional groups attached to an aromatic ring is 1. The van der Waals surface area contributed by atoms with E-state index < -0.39 is 6.10 Å². The molecule has 1 heterocycles. The minimum absolute atomic E-state index is 0.341. The number of aliphatic hydroxyl groups excluding tert-OH is 1. The van der Waals surface area contributed by atoms with Crippen molar-refractivity contribution in [3.8, 4) is 0 Å². The molecule has 1 aromatic heterocycles. The number of nitrogens with zero attached hydrogens (tertiary/aromatic N) is 1. The highest BCUT2D eigenvalue weighted by Crippen LogP contribution is 2.15. The van der Waals surface area contributed by atoms with E-state index in [4.69, 9.17) is 22.4 Å². The van der Waals surface area contributed by atoms with Crippen LogP contribution in [-0.4, -0.2) is 22.7 Å². The van der Waals surface area contributed by atoms with Crippen LogP contribution >= 0.6 is 11.6 Å². The second-order valence-corrected chi connectivity index (χ2v) is 3.23. The molecule has 0 radical (unpaired) electrons. The second-order valence-electron chi connectivity index (χ2n) is 2.84. The van der Waals surface area contributed by atoms with Crippen LogP contribution in [0.1, 0.15) is 6.92 Å². The van der Waals surface area contributed by atoms with Crippen LogP contribution in [-0.2, 0) is 0 Å². The van der Waals surface area contributed by atoms with Crippen molar-refractivity contribution < 1.29 is 5.11 Å². The normalized spacial score (nSPS) is 12.5. The molecule has 72 valence electrons. The molecule has 0 aliphatic heterocycles. The number of aromatic nitrogens is 1. The van der Waals surface area contributed by atoms with Gasteiger partial charge < -0.3 is 16.2 Å². The van der Waals surface area contributed by atoms with Gasteiger partial charge in [-0.25, -0.2) is 4.98 Å². The molecule has 0 spiro atoms. The number of hydrogen-bond acceptors (Lipinski definition) is 4. The lowest BCUT2D eigenvalue weighted by molar-refractivity contribution is 0.208. The molecule has 0 aliphatic carbocycles. The molecule has 4 nitrogen and oxygen atoms in total. The van der Waals surface area contributed by atoms with Gasteiger partial charge in [-0.05, 0) is 13.0 Å².